The monoisotopic (exact) mass is 281 g/mol. The van der Waals surface area contributed by atoms with Gasteiger partial charge in [0.25, 0.3) is 5.89 Å². The summed E-state index contributed by atoms with van der Waals surface area (Å²) >= 11 is 0. The number of halogens is 1. The Hall–Kier alpha value is -1.99. The second-order valence-corrected chi connectivity index (χ2v) is 4.07. The first-order valence-corrected chi connectivity index (χ1v) is 6.16. The minimum Gasteiger partial charge on any atom is -0.494 e. The standard InChI is InChI=1S/C13H16FN3O3/c1-3-19-7-10(15)12-16-13(20-17-12)8-4-5-9(14)11(6-8)18-2/h4-6,10H,3,7,15H2,1-2H3. The minimum absolute atomic E-state index is 0.112. The highest BCUT2D eigenvalue weighted by molar-refractivity contribution is 5.56. The van der Waals surface area contributed by atoms with Crippen LogP contribution in [-0.2, 0) is 4.74 Å². The molecule has 0 aliphatic heterocycles. The van der Waals surface area contributed by atoms with Gasteiger partial charge < -0.3 is 19.7 Å². The van der Waals surface area contributed by atoms with Crippen LogP contribution in [0.4, 0.5) is 4.39 Å². The number of methoxy groups -OCH3 is 1. The van der Waals surface area contributed by atoms with E-state index in [4.69, 9.17) is 19.7 Å². The van der Waals surface area contributed by atoms with Crippen molar-refractivity contribution in [1.82, 2.24) is 10.1 Å². The third-order valence-corrected chi connectivity index (χ3v) is 2.67. The SMILES string of the molecule is CCOCC(N)c1noc(-c2ccc(F)c(OC)c2)n1. The molecule has 0 saturated carbocycles. The summed E-state index contributed by atoms with van der Waals surface area (Å²) in [6.07, 6.45) is 0. The molecular formula is C13H16FN3O3. The van der Waals surface area contributed by atoms with E-state index in [-0.39, 0.29) is 11.6 Å². The Balaban J connectivity index is 2.20. The maximum Gasteiger partial charge on any atom is 0.258 e. The zero-order valence-corrected chi connectivity index (χ0v) is 11.3. The summed E-state index contributed by atoms with van der Waals surface area (Å²) in [6.45, 7) is 2.74. The third-order valence-electron chi connectivity index (χ3n) is 2.67. The molecule has 0 bridgehead atoms. The van der Waals surface area contributed by atoms with Gasteiger partial charge in [-0.05, 0) is 25.1 Å². The van der Waals surface area contributed by atoms with Gasteiger partial charge in [-0.3, -0.25) is 0 Å². The van der Waals surface area contributed by atoms with E-state index in [1.54, 1.807) is 0 Å². The normalized spacial score (nSPS) is 12.4. The molecule has 7 heteroatoms. The molecule has 0 amide bonds. The summed E-state index contributed by atoms with van der Waals surface area (Å²) < 4.78 is 28.6. The van der Waals surface area contributed by atoms with Crippen LogP contribution in [0.2, 0.25) is 0 Å². The molecule has 1 aromatic heterocycles. The fourth-order valence-corrected chi connectivity index (χ4v) is 1.61. The zero-order valence-electron chi connectivity index (χ0n) is 11.3. The van der Waals surface area contributed by atoms with Crippen molar-refractivity contribution in [2.24, 2.45) is 5.73 Å². The molecule has 0 radical (unpaired) electrons. The summed E-state index contributed by atoms with van der Waals surface area (Å²) in [5.74, 6) is 0.256. The maximum absolute atomic E-state index is 13.3. The molecule has 1 atom stereocenters. The molecule has 0 spiro atoms. The predicted molar refractivity (Wildman–Crippen MR) is 69.7 cm³/mol. The molecule has 20 heavy (non-hydrogen) atoms. The molecule has 0 aliphatic carbocycles. The molecule has 1 heterocycles. The van der Waals surface area contributed by atoms with Gasteiger partial charge in [-0.1, -0.05) is 5.16 Å². The van der Waals surface area contributed by atoms with Crippen LogP contribution in [0.1, 0.15) is 18.8 Å². The number of ether oxygens (including phenoxy) is 2. The average Bonchev–Trinajstić information content (AvgIpc) is 2.95. The smallest absolute Gasteiger partial charge is 0.258 e. The van der Waals surface area contributed by atoms with Gasteiger partial charge in [0.1, 0.15) is 0 Å². The van der Waals surface area contributed by atoms with E-state index in [0.29, 0.717) is 24.6 Å². The fourth-order valence-electron chi connectivity index (χ4n) is 1.61. The van der Waals surface area contributed by atoms with Crippen molar-refractivity contribution in [2.45, 2.75) is 13.0 Å². The number of nitrogens with two attached hydrogens (primary N) is 1. The van der Waals surface area contributed by atoms with Gasteiger partial charge >= 0.3 is 0 Å². The second-order valence-electron chi connectivity index (χ2n) is 4.07. The first kappa shape index (κ1) is 14.4. The van der Waals surface area contributed by atoms with Gasteiger partial charge in [0.05, 0.1) is 19.8 Å². The summed E-state index contributed by atoms with van der Waals surface area (Å²) in [7, 11) is 1.39. The van der Waals surface area contributed by atoms with Crippen LogP contribution in [0.3, 0.4) is 0 Å². The lowest BCUT2D eigenvalue weighted by Gasteiger charge is -2.05. The molecule has 0 aliphatic rings. The zero-order chi connectivity index (χ0) is 14.5. The van der Waals surface area contributed by atoms with Crippen molar-refractivity contribution in [3.8, 4) is 17.2 Å². The topological polar surface area (TPSA) is 83.4 Å². The van der Waals surface area contributed by atoms with Crippen LogP contribution in [-0.4, -0.2) is 30.5 Å². The van der Waals surface area contributed by atoms with Crippen LogP contribution in [0.25, 0.3) is 11.5 Å². The van der Waals surface area contributed by atoms with E-state index >= 15 is 0 Å². The van der Waals surface area contributed by atoms with Gasteiger partial charge in [0.15, 0.2) is 17.4 Å². The molecule has 108 valence electrons. The number of rotatable bonds is 6. The fraction of sp³-hybridized carbons (Fsp3) is 0.385. The van der Waals surface area contributed by atoms with Crippen molar-refractivity contribution < 1.29 is 18.4 Å². The molecule has 2 N–H and O–H groups in total. The lowest BCUT2D eigenvalue weighted by Crippen LogP contribution is -2.18. The van der Waals surface area contributed by atoms with Crippen molar-refractivity contribution in [3.05, 3.63) is 29.8 Å². The molecular weight excluding hydrogens is 265 g/mol. The Morgan fingerprint density at radius 2 is 2.25 bits per heavy atom. The predicted octanol–water partition coefficient (Wildman–Crippen LogP) is 1.92. The number of benzene rings is 1. The maximum atomic E-state index is 13.3. The highest BCUT2D eigenvalue weighted by Crippen LogP contribution is 2.25. The van der Waals surface area contributed by atoms with Gasteiger partial charge in [-0.25, -0.2) is 4.39 Å². The van der Waals surface area contributed by atoms with Crippen LogP contribution in [0.15, 0.2) is 22.7 Å². The Bertz CT molecular complexity index is 574. The largest absolute Gasteiger partial charge is 0.494 e. The number of aromatic nitrogens is 2. The van der Waals surface area contributed by atoms with Gasteiger partial charge in [-0.15, -0.1) is 0 Å². The van der Waals surface area contributed by atoms with Gasteiger partial charge in [0, 0.05) is 12.2 Å². The minimum atomic E-state index is -0.463. The summed E-state index contributed by atoms with van der Waals surface area (Å²) in [4.78, 5) is 4.18. The van der Waals surface area contributed by atoms with Gasteiger partial charge in [-0.2, -0.15) is 4.98 Å². The van der Waals surface area contributed by atoms with E-state index in [9.17, 15) is 4.39 Å². The summed E-state index contributed by atoms with van der Waals surface area (Å²) in [6, 6.07) is 3.83. The Morgan fingerprint density at radius 3 is 2.95 bits per heavy atom. The first-order chi connectivity index (χ1) is 9.65. The Morgan fingerprint density at radius 1 is 1.45 bits per heavy atom. The number of hydrogen-bond donors (Lipinski definition) is 1. The molecule has 0 saturated heterocycles. The quantitative estimate of drug-likeness (QED) is 0.871. The molecule has 1 unspecified atom stereocenters. The molecule has 2 aromatic rings. The van der Waals surface area contributed by atoms with Crippen molar-refractivity contribution in [1.29, 1.82) is 0 Å². The Labute approximate surface area is 115 Å². The lowest BCUT2D eigenvalue weighted by atomic mass is 10.2. The van der Waals surface area contributed by atoms with E-state index in [2.05, 4.69) is 10.1 Å². The average molecular weight is 281 g/mol. The van der Waals surface area contributed by atoms with E-state index in [0.717, 1.165) is 0 Å². The van der Waals surface area contributed by atoms with E-state index in [1.807, 2.05) is 6.92 Å². The summed E-state index contributed by atoms with van der Waals surface area (Å²) in [5.41, 5.74) is 6.42. The first-order valence-electron chi connectivity index (χ1n) is 6.16. The van der Waals surface area contributed by atoms with Gasteiger partial charge in [0.2, 0.25) is 0 Å². The lowest BCUT2D eigenvalue weighted by molar-refractivity contribution is 0.130. The highest BCUT2D eigenvalue weighted by Gasteiger charge is 2.16. The van der Waals surface area contributed by atoms with Crippen LogP contribution < -0.4 is 10.5 Å². The van der Waals surface area contributed by atoms with Crippen LogP contribution in [0.5, 0.6) is 5.75 Å². The van der Waals surface area contributed by atoms with Crippen LogP contribution >= 0.6 is 0 Å². The molecule has 0 fully saturated rings. The number of hydrogen-bond acceptors (Lipinski definition) is 6. The number of nitrogens with zero attached hydrogens (tertiary/aromatic N) is 2. The third kappa shape index (κ3) is 3.12. The van der Waals surface area contributed by atoms with Crippen LogP contribution in [0, 0.1) is 5.82 Å². The molecule has 1 aromatic carbocycles. The molecule has 2 rings (SSSR count). The summed E-state index contributed by atoms with van der Waals surface area (Å²) in [5, 5.41) is 3.80. The highest BCUT2D eigenvalue weighted by atomic mass is 19.1. The van der Waals surface area contributed by atoms with Crippen molar-refractivity contribution >= 4 is 0 Å². The second kappa shape index (κ2) is 6.44. The Kier molecular flexibility index (Phi) is 4.65. The van der Waals surface area contributed by atoms with Crippen molar-refractivity contribution in [3.63, 3.8) is 0 Å². The molecule has 6 nitrogen and oxygen atoms in total. The van der Waals surface area contributed by atoms with E-state index < -0.39 is 11.9 Å². The van der Waals surface area contributed by atoms with Crippen molar-refractivity contribution in [2.75, 3.05) is 20.3 Å². The van der Waals surface area contributed by atoms with E-state index in [1.165, 1.54) is 25.3 Å².